The van der Waals surface area contributed by atoms with Crippen LogP contribution in [0.3, 0.4) is 0 Å². The molecular weight excluding hydrogens is 274 g/mol. The average Bonchev–Trinajstić information content (AvgIpc) is 2.36. The summed E-state index contributed by atoms with van der Waals surface area (Å²) in [4.78, 5) is 12.2. The molecule has 1 aromatic heterocycles. The highest BCUT2D eigenvalue weighted by atomic mass is 35.5. The van der Waals surface area contributed by atoms with E-state index in [9.17, 15) is 15.3 Å². The minimum atomic E-state index is -0.740. The predicted octanol–water partition coefficient (Wildman–Crippen LogP) is 0.316. The number of nitrogens with zero attached hydrogens (tertiary/aromatic N) is 4. The number of guanidine groups is 1. The second kappa shape index (κ2) is 5.70. The van der Waals surface area contributed by atoms with Gasteiger partial charge >= 0.3 is 0 Å². The van der Waals surface area contributed by atoms with E-state index >= 15 is 0 Å². The standard InChI is InChI=1S/C10H12ClN5O3/c11-9-3-2-8(7-15(9)17)6-14-5-1-4-12-10(14)13-16(18)19/h2-3,7H,1,4-6H2,(H,12,13). The molecule has 0 amide bonds. The highest BCUT2D eigenvalue weighted by molar-refractivity contribution is 6.28. The molecule has 1 aromatic rings. The first-order valence-electron chi connectivity index (χ1n) is 5.65. The quantitative estimate of drug-likeness (QED) is 0.283. The zero-order valence-electron chi connectivity index (χ0n) is 9.95. The van der Waals surface area contributed by atoms with Crippen LogP contribution in [-0.2, 0) is 6.54 Å². The van der Waals surface area contributed by atoms with Crippen LogP contribution < -0.4 is 10.0 Å². The summed E-state index contributed by atoms with van der Waals surface area (Å²) in [6.45, 7) is 1.64. The van der Waals surface area contributed by atoms with E-state index in [0.29, 0.717) is 29.9 Å². The summed E-state index contributed by atoms with van der Waals surface area (Å²) in [5.74, 6) is 0.212. The summed E-state index contributed by atoms with van der Waals surface area (Å²) in [6.07, 6.45) is 2.20. The molecule has 1 N–H and O–H groups in total. The van der Waals surface area contributed by atoms with Crippen LogP contribution in [0.15, 0.2) is 23.4 Å². The molecule has 0 aromatic carbocycles. The number of halogens is 1. The van der Waals surface area contributed by atoms with Crippen LogP contribution in [0, 0.1) is 15.3 Å². The molecule has 1 saturated heterocycles. The van der Waals surface area contributed by atoms with E-state index in [1.807, 2.05) is 0 Å². The van der Waals surface area contributed by atoms with Gasteiger partial charge in [0, 0.05) is 24.7 Å². The Kier molecular flexibility index (Phi) is 4.00. The number of nitro groups is 1. The van der Waals surface area contributed by atoms with Gasteiger partial charge < -0.3 is 15.4 Å². The summed E-state index contributed by atoms with van der Waals surface area (Å²) in [7, 11) is 0. The summed E-state index contributed by atoms with van der Waals surface area (Å²) < 4.78 is 0.554. The summed E-state index contributed by atoms with van der Waals surface area (Å²) in [5, 5.41) is 27.3. The van der Waals surface area contributed by atoms with Crippen molar-refractivity contribution in [1.29, 1.82) is 0 Å². The first-order chi connectivity index (χ1) is 9.06. The molecule has 0 unspecified atom stereocenters. The largest absolute Gasteiger partial charge is 0.618 e. The summed E-state index contributed by atoms with van der Waals surface area (Å²) >= 11 is 5.63. The van der Waals surface area contributed by atoms with Gasteiger partial charge in [-0.25, -0.2) is 10.1 Å². The van der Waals surface area contributed by atoms with E-state index in [1.165, 1.54) is 12.3 Å². The minimum Gasteiger partial charge on any atom is -0.618 e. The maximum Gasteiger partial charge on any atom is 0.286 e. The molecule has 0 atom stereocenters. The second-order valence-corrected chi connectivity index (χ2v) is 4.44. The van der Waals surface area contributed by atoms with Crippen LogP contribution in [0.2, 0.25) is 5.15 Å². The van der Waals surface area contributed by atoms with E-state index in [2.05, 4.69) is 10.4 Å². The highest BCUT2D eigenvalue weighted by Crippen LogP contribution is 2.09. The molecule has 2 rings (SSSR count). The number of rotatable bonds is 3. The Balaban J connectivity index is 2.15. The normalized spacial score (nSPS) is 17.3. The topological polar surface area (TPSA) is 97.7 Å². The Morgan fingerprint density at radius 3 is 3.05 bits per heavy atom. The molecule has 1 aliphatic rings. The van der Waals surface area contributed by atoms with E-state index in [-0.39, 0.29) is 11.1 Å². The lowest BCUT2D eigenvalue weighted by molar-refractivity contribution is -0.603. The average molecular weight is 286 g/mol. The summed E-state index contributed by atoms with van der Waals surface area (Å²) in [5.41, 5.74) is 0.708. The van der Waals surface area contributed by atoms with Gasteiger partial charge in [-0.15, -0.1) is 0 Å². The zero-order valence-corrected chi connectivity index (χ0v) is 10.7. The third-order valence-corrected chi connectivity index (χ3v) is 2.96. The van der Waals surface area contributed by atoms with Crippen molar-refractivity contribution < 1.29 is 9.76 Å². The first kappa shape index (κ1) is 13.3. The maximum atomic E-state index is 11.4. The van der Waals surface area contributed by atoms with Gasteiger partial charge in [0.25, 0.3) is 11.1 Å². The van der Waals surface area contributed by atoms with E-state index in [4.69, 9.17) is 11.6 Å². The van der Waals surface area contributed by atoms with Crippen molar-refractivity contribution in [2.75, 3.05) is 13.1 Å². The molecule has 19 heavy (non-hydrogen) atoms. The van der Waals surface area contributed by atoms with Gasteiger partial charge in [-0.3, -0.25) is 0 Å². The fourth-order valence-corrected chi connectivity index (χ4v) is 1.95. The van der Waals surface area contributed by atoms with Gasteiger partial charge in [0.1, 0.15) is 5.10 Å². The van der Waals surface area contributed by atoms with E-state index in [0.717, 1.165) is 6.42 Å². The molecular formula is C10H12ClN5O3. The number of pyridine rings is 1. The zero-order chi connectivity index (χ0) is 13.8. The smallest absolute Gasteiger partial charge is 0.286 e. The molecule has 0 spiro atoms. The monoisotopic (exact) mass is 285 g/mol. The van der Waals surface area contributed by atoms with Gasteiger partial charge in [-0.05, 0) is 24.1 Å². The predicted molar refractivity (Wildman–Crippen MR) is 67.9 cm³/mol. The molecule has 0 radical (unpaired) electrons. The van der Waals surface area contributed by atoms with Gasteiger partial charge in [0.2, 0.25) is 0 Å². The van der Waals surface area contributed by atoms with Crippen LogP contribution in [0.25, 0.3) is 0 Å². The number of hydrogen-bond acceptors (Lipinski definition) is 3. The van der Waals surface area contributed by atoms with Gasteiger partial charge in [-0.1, -0.05) is 0 Å². The molecule has 1 fully saturated rings. The molecule has 9 heteroatoms. The Labute approximate surface area is 114 Å². The lowest BCUT2D eigenvalue weighted by Gasteiger charge is -2.28. The first-order valence-corrected chi connectivity index (χ1v) is 6.03. The second-order valence-electron chi connectivity index (χ2n) is 4.05. The van der Waals surface area contributed by atoms with Gasteiger partial charge in [0.05, 0.1) is 6.54 Å². The Morgan fingerprint density at radius 2 is 2.37 bits per heavy atom. The van der Waals surface area contributed by atoms with Crippen molar-refractivity contribution in [2.45, 2.75) is 13.0 Å². The molecule has 0 aliphatic carbocycles. The number of nitrogens with one attached hydrogen (secondary N) is 1. The Bertz CT molecular complexity index is 522. The van der Waals surface area contributed by atoms with Crippen LogP contribution in [0.4, 0.5) is 0 Å². The minimum absolute atomic E-state index is 0.0831. The fraction of sp³-hybridized carbons (Fsp3) is 0.400. The number of aromatic nitrogens is 1. The molecule has 8 nitrogen and oxygen atoms in total. The third-order valence-electron chi connectivity index (χ3n) is 2.67. The summed E-state index contributed by atoms with van der Waals surface area (Å²) in [6, 6.07) is 3.20. The van der Waals surface area contributed by atoms with Crippen molar-refractivity contribution in [1.82, 2.24) is 10.2 Å². The lowest BCUT2D eigenvalue weighted by atomic mass is 10.2. The Hall–Kier alpha value is -2.09. The number of hydrogen-bond donors (Lipinski definition) is 1. The van der Waals surface area contributed by atoms with Crippen molar-refractivity contribution in [2.24, 2.45) is 5.10 Å². The van der Waals surface area contributed by atoms with Crippen LogP contribution in [-0.4, -0.2) is 29.0 Å². The number of hydrazone groups is 1. The maximum absolute atomic E-state index is 11.4. The van der Waals surface area contributed by atoms with Crippen molar-refractivity contribution in [3.8, 4) is 0 Å². The third kappa shape index (κ3) is 3.44. The molecule has 1 aliphatic heterocycles. The van der Waals surface area contributed by atoms with Crippen LogP contribution in [0.1, 0.15) is 12.0 Å². The van der Waals surface area contributed by atoms with Crippen molar-refractivity contribution in [3.05, 3.63) is 44.4 Å². The van der Waals surface area contributed by atoms with Crippen molar-refractivity contribution >= 4 is 17.6 Å². The molecule has 2 heterocycles. The van der Waals surface area contributed by atoms with Gasteiger partial charge in [-0.2, -0.15) is 4.73 Å². The highest BCUT2D eigenvalue weighted by Gasteiger charge is 2.20. The van der Waals surface area contributed by atoms with Gasteiger partial charge in [0.15, 0.2) is 11.2 Å². The van der Waals surface area contributed by atoms with E-state index < -0.39 is 5.03 Å². The Morgan fingerprint density at radius 1 is 1.58 bits per heavy atom. The lowest BCUT2D eigenvalue weighted by Crippen LogP contribution is -2.47. The molecule has 0 saturated carbocycles. The van der Waals surface area contributed by atoms with Crippen LogP contribution in [0.5, 0.6) is 0 Å². The SMILES string of the molecule is O=[N+]([O-])/N=C1\NCCCN1Cc1ccc(Cl)[n+]([O-])c1. The molecule has 102 valence electrons. The molecule has 0 bridgehead atoms. The van der Waals surface area contributed by atoms with Crippen molar-refractivity contribution in [3.63, 3.8) is 0 Å². The van der Waals surface area contributed by atoms with Crippen LogP contribution >= 0.6 is 11.6 Å². The fourth-order valence-electron chi connectivity index (χ4n) is 1.84. The van der Waals surface area contributed by atoms with E-state index in [1.54, 1.807) is 11.0 Å².